The number of hydrogen-bond acceptors (Lipinski definition) is 4. The van der Waals surface area contributed by atoms with Crippen LogP contribution in [0.3, 0.4) is 0 Å². The van der Waals surface area contributed by atoms with Crippen molar-refractivity contribution in [3.05, 3.63) is 116 Å². The first-order valence-electron chi connectivity index (χ1n) is 12.3. The van der Waals surface area contributed by atoms with Crippen LogP contribution in [0.1, 0.15) is 0 Å². The van der Waals surface area contributed by atoms with Crippen molar-refractivity contribution in [3.63, 3.8) is 0 Å². The third-order valence-electron chi connectivity index (χ3n) is 7.15. The first-order valence-corrected chi connectivity index (χ1v) is 12.3. The molecule has 4 heteroatoms. The van der Waals surface area contributed by atoms with Crippen molar-refractivity contribution in [3.8, 4) is 22.4 Å². The molecule has 4 aromatic heterocycles. The molecule has 0 radical (unpaired) electrons. The van der Waals surface area contributed by atoms with Crippen LogP contribution in [-0.4, -0.2) is 15.0 Å². The van der Waals surface area contributed by atoms with E-state index in [1.807, 2.05) is 42.7 Å². The van der Waals surface area contributed by atoms with E-state index >= 15 is 0 Å². The van der Waals surface area contributed by atoms with Crippen LogP contribution in [0.4, 0.5) is 0 Å². The molecule has 4 nitrogen and oxygen atoms in total. The summed E-state index contributed by atoms with van der Waals surface area (Å²) in [6.07, 6.45) is 3.67. The molecule has 0 N–H and O–H groups in total. The van der Waals surface area contributed by atoms with E-state index in [0.717, 1.165) is 77.0 Å². The van der Waals surface area contributed by atoms with Gasteiger partial charge in [0, 0.05) is 50.5 Å². The summed E-state index contributed by atoms with van der Waals surface area (Å²) in [6, 6.07) is 35.4. The highest BCUT2D eigenvalue weighted by Gasteiger charge is 2.16. The van der Waals surface area contributed by atoms with Gasteiger partial charge in [-0.25, -0.2) is 4.98 Å². The fourth-order valence-electron chi connectivity index (χ4n) is 5.42. The fraction of sp³-hybridized carbons (Fsp3) is 0. The first kappa shape index (κ1) is 20.1. The average Bonchev–Trinajstić information content (AvgIpc) is 3.35. The minimum absolute atomic E-state index is 0.854. The lowest BCUT2D eigenvalue weighted by molar-refractivity contribution is 0.669. The molecular formula is C33H19N3O. The molecule has 8 rings (SSSR count). The lowest BCUT2D eigenvalue weighted by Gasteiger charge is -2.08. The monoisotopic (exact) mass is 473 g/mol. The van der Waals surface area contributed by atoms with Gasteiger partial charge in [0.15, 0.2) is 0 Å². The van der Waals surface area contributed by atoms with Gasteiger partial charge in [0.2, 0.25) is 0 Å². The molecule has 0 unspecified atom stereocenters. The summed E-state index contributed by atoms with van der Waals surface area (Å²) < 4.78 is 6.29. The number of nitrogens with zero attached hydrogens (tertiary/aromatic N) is 3. The maximum atomic E-state index is 6.29. The summed E-state index contributed by atoms with van der Waals surface area (Å²) in [4.78, 5) is 14.4. The SMILES string of the molecule is c1cnc2c(-c3cccc4oc5ccc(-c6ccc7ccc8cccnc8c7n6)cc5c34)cccc2c1. The van der Waals surface area contributed by atoms with Crippen molar-refractivity contribution in [1.29, 1.82) is 0 Å². The van der Waals surface area contributed by atoms with Gasteiger partial charge in [0.05, 0.1) is 22.2 Å². The Morgan fingerprint density at radius 3 is 2.11 bits per heavy atom. The summed E-state index contributed by atoms with van der Waals surface area (Å²) in [6.45, 7) is 0. The van der Waals surface area contributed by atoms with Crippen molar-refractivity contribution in [1.82, 2.24) is 15.0 Å². The van der Waals surface area contributed by atoms with Crippen LogP contribution in [0.25, 0.3) is 77.0 Å². The summed E-state index contributed by atoms with van der Waals surface area (Å²) in [7, 11) is 0. The van der Waals surface area contributed by atoms with Crippen molar-refractivity contribution in [2.75, 3.05) is 0 Å². The van der Waals surface area contributed by atoms with E-state index in [4.69, 9.17) is 14.4 Å². The maximum absolute atomic E-state index is 6.29. The Kier molecular flexibility index (Phi) is 4.19. The highest BCUT2D eigenvalue weighted by Crippen LogP contribution is 2.40. The zero-order chi connectivity index (χ0) is 24.3. The van der Waals surface area contributed by atoms with Crippen LogP contribution < -0.4 is 0 Å². The Morgan fingerprint density at radius 2 is 1.22 bits per heavy atom. The molecule has 0 aliphatic carbocycles. The van der Waals surface area contributed by atoms with E-state index in [0.29, 0.717) is 0 Å². The topological polar surface area (TPSA) is 51.8 Å². The van der Waals surface area contributed by atoms with Gasteiger partial charge in [-0.2, -0.15) is 0 Å². The normalized spacial score (nSPS) is 11.8. The Bertz CT molecular complexity index is 2150. The molecular weight excluding hydrogens is 454 g/mol. The van der Waals surface area contributed by atoms with Gasteiger partial charge in [0.25, 0.3) is 0 Å². The van der Waals surface area contributed by atoms with Gasteiger partial charge in [-0.05, 0) is 48.0 Å². The van der Waals surface area contributed by atoms with Crippen molar-refractivity contribution >= 4 is 54.6 Å². The van der Waals surface area contributed by atoms with Crippen LogP contribution >= 0.6 is 0 Å². The predicted molar refractivity (Wildman–Crippen MR) is 150 cm³/mol. The standard InChI is InChI=1S/C33H19N3O/c1-5-20-6-3-17-34-31(20)25(9-1)24-8-2-10-29-30(24)26-19-23(14-16-28(26)37-29)27-15-13-22-12-11-21-7-4-18-35-32(21)33(22)36-27/h1-19H. The highest BCUT2D eigenvalue weighted by molar-refractivity contribution is 6.15. The van der Waals surface area contributed by atoms with Gasteiger partial charge in [0.1, 0.15) is 11.2 Å². The molecule has 0 aliphatic rings. The van der Waals surface area contributed by atoms with Gasteiger partial charge < -0.3 is 4.42 Å². The van der Waals surface area contributed by atoms with Crippen molar-refractivity contribution < 1.29 is 4.42 Å². The highest BCUT2D eigenvalue weighted by atomic mass is 16.3. The number of fused-ring (bicyclic) bond motifs is 7. The third kappa shape index (κ3) is 3.06. The first-order chi connectivity index (χ1) is 18.3. The number of benzene rings is 4. The van der Waals surface area contributed by atoms with Gasteiger partial charge >= 0.3 is 0 Å². The van der Waals surface area contributed by atoms with Gasteiger partial charge in [-0.3, -0.25) is 9.97 Å². The number of hydrogen-bond donors (Lipinski definition) is 0. The largest absolute Gasteiger partial charge is 0.456 e. The Hall–Kier alpha value is -5.09. The van der Waals surface area contributed by atoms with Crippen molar-refractivity contribution in [2.24, 2.45) is 0 Å². The third-order valence-corrected chi connectivity index (χ3v) is 7.15. The molecule has 37 heavy (non-hydrogen) atoms. The second-order valence-electron chi connectivity index (χ2n) is 9.28. The van der Waals surface area contributed by atoms with E-state index in [-0.39, 0.29) is 0 Å². The van der Waals surface area contributed by atoms with Gasteiger partial charge in [-0.1, -0.05) is 60.7 Å². The number of aromatic nitrogens is 3. The Morgan fingerprint density at radius 1 is 0.514 bits per heavy atom. The van der Waals surface area contributed by atoms with Crippen LogP contribution in [0, 0.1) is 0 Å². The lowest BCUT2D eigenvalue weighted by atomic mass is 9.96. The summed E-state index contributed by atoms with van der Waals surface area (Å²) in [5.74, 6) is 0. The number of rotatable bonds is 2. The van der Waals surface area contributed by atoms with Crippen LogP contribution in [0.5, 0.6) is 0 Å². The van der Waals surface area contributed by atoms with Crippen LogP contribution in [0.15, 0.2) is 120 Å². The fourth-order valence-corrected chi connectivity index (χ4v) is 5.42. The number of para-hydroxylation sites is 1. The molecule has 8 aromatic rings. The van der Waals surface area contributed by atoms with Crippen molar-refractivity contribution in [2.45, 2.75) is 0 Å². The zero-order valence-corrected chi connectivity index (χ0v) is 19.7. The predicted octanol–water partition coefficient (Wildman–Crippen LogP) is 8.56. The van der Waals surface area contributed by atoms with E-state index in [1.165, 1.54) is 0 Å². The molecule has 0 saturated heterocycles. The molecule has 172 valence electrons. The maximum Gasteiger partial charge on any atom is 0.136 e. The van der Waals surface area contributed by atoms with E-state index < -0.39 is 0 Å². The molecule has 0 atom stereocenters. The molecule has 0 saturated carbocycles. The molecule has 0 aliphatic heterocycles. The van der Waals surface area contributed by atoms with E-state index in [2.05, 4.69) is 77.8 Å². The molecule has 4 aromatic carbocycles. The minimum atomic E-state index is 0.854. The van der Waals surface area contributed by atoms with Crippen LogP contribution in [0.2, 0.25) is 0 Å². The molecule has 0 fully saturated rings. The van der Waals surface area contributed by atoms with Gasteiger partial charge in [-0.15, -0.1) is 0 Å². The summed E-state index contributed by atoms with van der Waals surface area (Å²) >= 11 is 0. The molecule has 0 spiro atoms. The molecule has 0 amide bonds. The Labute approximate surface area is 211 Å². The van der Waals surface area contributed by atoms with E-state index in [1.54, 1.807) is 0 Å². The number of pyridine rings is 3. The zero-order valence-electron chi connectivity index (χ0n) is 19.7. The smallest absolute Gasteiger partial charge is 0.136 e. The summed E-state index contributed by atoms with van der Waals surface area (Å²) in [5, 5.41) is 5.44. The average molecular weight is 474 g/mol. The second kappa shape index (κ2) is 7.70. The minimum Gasteiger partial charge on any atom is -0.456 e. The molecule has 4 heterocycles. The second-order valence-corrected chi connectivity index (χ2v) is 9.28. The lowest BCUT2D eigenvalue weighted by Crippen LogP contribution is -1.89. The quantitative estimate of drug-likeness (QED) is 0.236. The van der Waals surface area contributed by atoms with Crippen LogP contribution in [-0.2, 0) is 0 Å². The Balaban J connectivity index is 1.38. The molecule has 0 bridgehead atoms. The summed E-state index contributed by atoms with van der Waals surface area (Å²) in [5.41, 5.74) is 8.68. The van der Waals surface area contributed by atoms with E-state index in [9.17, 15) is 0 Å². The number of furan rings is 1.